The van der Waals surface area contributed by atoms with Gasteiger partial charge in [-0.3, -0.25) is 14.9 Å². The minimum atomic E-state index is -0.480. The molecule has 0 aliphatic rings. The van der Waals surface area contributed by atoms with Crippen molar-refractivity contribution in [3.63, 3.8) is 0 Å². The van der Waals surface area contributed by atoms with Gasteiger partial charge in [0.2, 0.25) is 0 Å². The van der Waals surface area contributed by atoms with Crippen molar-refractivity contribution in [1.82, 2.24) is 0 Å². The van der Waals surface area contributed by atoms with Crippen LogP contribution < -0.4 is 9.64 Å². The molecular formula is C14H20N2O5. The van der Waals surface area contributed by atoms with Crippen molar-refractivity contribution < 1.29 is 19.2 Å². The Bertz CT molecular complexity index is 518. The molecule has 0 N–H and O–H groups in total. The molecule has 1 aromatic carbocycles. The number of nitro benzene ring substituents is 1. The largest absolute Gasteiger partial charge is 0.487 e. The fraction of sp³-hybridized carbons (Fsp3) is 0.500. The van der Waals surface area contributed by atoms with Crippen LogP contribution in [0.2, 0.25) is 0 Å². The molecule has 0 radical (unpaired) electrons. The molecule has 0 aliphatic heterocycles. The van der Waals surface area contributed by atoms with Gasteiger partial charge in [0.05, 0.1) is 24.6 Å². The van der Waals surface area contributed by atoms with Crippen LogP contribution in [0.4, 0.5) is 11.4 Å². The number of carbonyl (C=O) groups excluding carboxylic acids is 1. The Balaban J connectivity index is 2.95. The summed E-state index contributed by atoms with van der Waals surface area (Å²) in [6.45, 7) is 4.30. The highest BCUT2D eigenvalue weighted by Gasteiger charge is 2.19. The summed E-state index contributed by atoms with van der Waals surface area (Å²) in [5.74, 6) is -0.378. The van der Waals surface area contributed by atoms with Gasteiger partial charge in [-0.05, 0) is 13.0 Å². The predicted molar refractivity (Wildman–Crippen MR) is 78.7 cm³/mol. The van der Waals surface area contributed by atoms with Gasteiger partial charge in [0.15, 0.2) is 5.75 Å². The van der Waals surface area contributed by atoms with E-state index in [0.717, 1.165) is 5.69 Å². The number of ether oxygens (including phenoxy) is 2. The maximum atomic E-state index is 11.4. The minimum absolute atomic E-state index is 0.0741. The van der Waals surface area contributed by atoms with Gasteiger partial charge in [0, 0.05) is 31.4 Å². The van der Waals surface area contributed by atoms with Crippen molar-refractivity contribution in [1.29, 1.82) is 0 Å². The van der Waals surface area contributed by atoms with Gasteiger partial charge in [-0.1, -0.05) is 6.92 Å². The maximum absolute atomic E-state index is 11.4. The lowest BCUT2D eigenvalue weighted by Crippen LogP contribution is -2.29. The molecule has 0 aliphatic carbocycles. The first-order valence-electron chi connectivity index (χ1n) is 6.60. The van der Waals surface area contributed by atoms with E-state index in [1.165, 1.54) is 13.2 Å². The molecule has 21 heavy (non-hydrogen) atoms. The number of rotatable bonds is 7. The normalized spacial score (nSPS) is 11.6. The molecule has 0 saturated carbocycles. The third-order valence-corrected chi connectivity index (χ3v) is 3.03. The van der Waals surface area contributed by atoms with Crippen LogP contribution in [-0.4, -0.2) is 38.2 Å². The molecule has 1 aromatic rings. The number of methoxy groups -OCH3 is 1. The first-order chi connectivity index (χ1) is 9.90. The number of nitro groups is 1. The molecule has 0 fully saturated rings. The Labute approximate surface area is 123 Å². The zero-order valence-corrected chi connectivity index (χ0v) is 12.7. The number of hydrogen-bond acceptors (Lipinski definition) is 6. The highest BCUT2D eigenvalue weighted by atomic mass is 16.6. The first-order valence-corrected chi connectivity index (χ1v) is 6.60. The van der Waals surface area contributed by atoms with Crippen LogP contribution in [0, 0.1) is 16.0 Å². The average Bonchev–Trinajstić information content (AvgIpc) is 2.46. The van der Waals surface area contributed by atoms with Gasteiger partial charge in [-0.25, -0.2) is 0 Å². The third kappa shape index (κ3) is 4.34. The van der Waals surface area contributed by atoms with E-state index < -0.39 is 4.92 Å². The predicted octanol–water partition coefficient (Wildman–Crippen LogP) is 2.24. The van der Waals surface area contributed by atoms with Crippen LogP contribution in [0.15, 0.2) is 18.2 Å². The van der Waals surface area contributed by atoms with Crippen molar-refractivity contribution in [2.75, 3.05) is 32.2 Å². The molecule has 1 rings (SSSR count). The van der Waals surface area contributed by atoms with E-state index in [9.17, 15) is 14.9 Å². The van der Waals surface area contributed by atoms with Crippen molar-refractivity contribution in [3.8, 4) is 5.75 Å². The average molecular weight is 296 g/mol. The van der Waals surface area contributed by atoms with Crippen LogP contribution in [0.3, 0.4) is 0 Å². The molecule has 116 valence electrons. The van der Waals surface area contributed by atoms with E-state index >= 15 is 0 Å². The van der Waals surface area contributed by atoms with E-state index in [0.29, 0.717) is 13.2 Å². The van der Waals surface area contributed by atoms with E-state index in [2.05, 4.69) is 4.74 Å². The SMILES string of the molecule is CCOc1cc(N(C)CC(C)C(=O)OC)ccc1[N+](=O)[O-]. The summed E-state index contributed by atoms with van der Waals surface area (Å²) in [7, 11) is 3.15. The van der Waals surface area contributed by atoms with Gasteiger partial charge in [-0.2, -0.15) is 0 Å². The smallest absolute Gasteiger partial charge is 0.311 e. The number of carbonyl (C=O) groups is 1. The second kappa shape index (κ2) is 7.47. The van der Waals surface area contributed by atoms with E-state index in [1.54, 1.807) is 33.0 Å². The second-order valence-electron chi connectivity index (χ2n) is 4.65. The number of hydrogen-bond donors (Lipinski definition) is 0. The Kier molecular flexibility index (Phi) is 5.95. The monoisotopic (exact) mass is 296 g/mol. The lowest BCUT2D eigenvalue weighted by molar-refractivity contribution is -0.385. The van der Waals surface area contributed by atoms with Crippen LogP contribution >= 0.6 is 0 Å². The van der Waals surface area contributed by atoms with Gasteiger partial charge in [-0.15, -0.1) is 0 Å². The standard InChI is InChI=1S/C14H20N2O5/c1-5-21-13-8-11(6-7-12(13)16(18)19)15(3)9-10(2)14(17)20-4/h6-8,10H,5,9H2,1-4H3. The summed E-state index contributed by atoms with van der Waals surface area (Å²) in [4.78, 5) is 23.7. The summed E-state index contributed by atoms with van der Waals surface area (Å²) in [6, 6.07) is 4.63. The molecule has 1 atom stereocenters. The van der Waals surface area contributed by atoms with Crippen LogP contribution in [-0.2, 0) is 9.53 Å². The third-order valence-electron chi connectivity index (χ3n) is 3.03. The molecule has 1 unspecified atom stereocenters. The van der Waals surface area contributed by atoms with Crippen molar-refractivity contribution in [2.45, 2.75) is 13.8 Å². The first kappa shape index (κ1) is 16.7. The van der Waals surface area contributed by atoms with Gasteiger partial charge in [0.25, 0.3) is 0 Å². The summed E-state index contributed by atoms with van der Waals surface area (Å²) in [6.07, 6.45) is 0. The van der Waals surface area contributed by atoms with E-state index in [1.807, 2.05) is 4.90 Å². The molecular weight excluding hydrogens is 276 g/mol. The number of anilines is 1. The summed E-state index contributed by atoms with van der Waals surface area (Å²) in [5.41, 5.74) is 0.662. The van der Waals surface area contributed by atoms with E-state index in [-0.39, 0.29) is 23.3 Å². The fourth-order valence-electron chi connectivity index (χ4n) is 1.95. The lowest BCUT2D eigenvalue weighted by atomic mass is 10.1. The molecule has 0 amide bonds. The highest BCUT2D eigenvalue weighted by Crippen LogP contribution is 2.31. The molecule has 0 aromatic heterocycles. The molecule has 0 saturated heterocycles. The molecule has 0 heterocycles. The Morgan fingerprint density at radius 2 is 2.14 bits per heavy atom. The summed E-state index contributed by atoms with van der Waals surface area (Å²) < 4.78 is 9.98. The van der Waals surface area contributed by atoms with Crippen molar-refractivity contribution in [3.05, 3.63) is 28.3 Å². The second-order valence-corrected chi connectivity index (χ2v) is 4.65. The van der Waals surface area contributed by atoms with Crippen molar-refractivity contribution in [2.24, 2.45) is 5.92 Å². The van der Waals surface area contributed by atoms with Crippen LogP contribution in [0.5, 0.6) is 5.75 Å². The highest BCUT2D eigenvalue weighted by molar-refractivity contribution is 5.72. The summed E-state index contributed by atoms with van der Waals surface area (Å²) in [5, 5.41) is 10.9. The van der Waals surface area contributed by atoms with Gasteiger partial charge >= 0.3 is 11.7 Å². The number of nitrogens with zero attached hydrogens (tertiary/aromatic N) is 2. The van der Waals surface area contributed by atoms with Crippen molar-refractivity contribution >= 4 is 17.3 Å². The Morgan fingerprint density at radius 1 is 1.48 bits per heavy atom. The maximum Gasteiger partial charge on any atom is 0.311 e. The fourth-order valence-corrected chi connectivity index (χ4v) is 1.95. The quantitative estimate of drug-likeness (QED) is 0.436. The minimum Gasteiger partial charge on any atom is -0.487 e. The number of esters is 1. The molecule has 7 nitrogen and oxygen atoms in total. The number of benzene rings is 1. The Hall–Kier alpha value is -2.31. The zero-order valence-electron chi connectivity index (χ0n) is 12.7. The Morgan fingerprint density at radius 3 is 2.67 bits per heavy atom. The van der Waals surface area contributed by atoms with Gasteiger partial charge in [0.1, 0.15) is 0 Å². The molecule has 0 bridgehead atoms. The molecule has 7 heteroatoms. The van der Waals surface area contributed by atoms with E-state index in [4.69, 9.17) is 4.74 Å². The topological polar surface area (TPSA) is 81.9 Å². The summed E-state index contributed by atoms with van der Waals surface area (Å²) >= 11 is 0. The molecule has 0 spiro atoms. The van der Waals surface area contributed by atoms with Crippen LogP contribution in [0.25, 0.3) is 0 Å². The van der Waals surface area contributed by atoms with Gasteiger partial charge < -0.3 is 14.4 Å². The lowest BCUT2D eigenvalue weighted by Gasteiger charge is -2.22. The zero-order chi connectivity index (χ0) is 16.0. The van der Waals surface area contributed by atoms with Crippen LogP contribution in [0.1, 0.15) is 13.8 Å².